The van der Waals surface area contributed by atoms with Gasteiger partial charge in [-0.1, -0.05) is 13.3 Å². The fourth-order valence-corrected chi connectivity index (χ4v) is 1.84. The minimum Gasteiger partial charge on any atom is -0.478 e. The number of unbranched alkanes of at least 4 members (excludes halogenated alkanes) is 1. The largest absolute Gasteiger partial charge is 0.478 e. The van der Waals surface area contributed by atoms with Crippen molar-refractivity contribution < 1.29 is 29.6 Å². The lowest BCUT2D eigenvalue weighted by Crippen LogP contribution is -2.36. The average Bonchev–Trinajstić information content (AvgIpc) is 2.45. The number of carboxylic acids is 1. The number of esters is 1. The number of aliphatic hydroxyl groups excluding tert-OH is 1. The van der Waals surface area contributed by atoms with Crippen LogP contribution < -0.4 is 0 Å². The van der Waals surface area contributed by atoms with Gasteiger partial charge in [0.05, 0.1) is 11.1 Å². The van der Waals surface area contributed by atoms with Crippen molar-refractivity contribution in [2.24, 2.45) is 0 Å². The Morgan fingerprint density at radius 3 is 2.19 bits per heavy atom. The van der Waals surface area contributed by atoms with E-state index >= 15 is 0 Å². The van der Waals surface area contributed by atoms with Gasteiger partial charge in [-0.2, -0.15) is 0 Å². The normalized spacial score (nSPS) is 13.5. The van der Waals surface area contributed by atoms with Crippen molar-refractivity contribution in [2.75, 3.05) is 6.61 Å². The first kappa shape index (κ1) is 17.1. The number of ether oxygens (including phenoxy) is 1. The Morgan fingerprint density at radius 1 is 1.14 bits per heavy atom. The van der Waals surface area contributed by atoms with Crippen molar-refractivity contribution in [3.05, 3.63) is 35.4 Å². The van der Waals surface area contributed by atoms with Crippen LogP contribution in [-0.4, -0.2) is 39.7 Å². The number of aliphatic hydroxyl groups is 2. The molecule has 0 radical (unpaired) electrons. The Bertz CT molecular complexity index is 481. The first-order chi connectivity index (χ1) is 9.91. The van der Waals surface area contributed by atoms with Gasteiger partial charge in [-0.05, 0) is 30.7 Å². The highest BCUT2D eigenvalue weighted by Gasteiger charge is 2.30. The maximum atomic E-state index is 12.0. The summed E-state index contributed by atoms with van der Waals surface area (Å²) < 4.78 is 5.08. The number of carbonyl (C=O) groups excluding carboxylic acids is 1. The quantitative estimate of drug-likeness (QED) is 0.499. The second-order valence-corrected chi connectivity index (χ2v) is 4.80. The van der Waals surface area contributed by atoms with Crippen LogP contribution in [-0.2, 0) is 4.74 Å². The monoisotopic (exact) mass is 296 g/mol. The van der Waals surface area contributed by atoms with Gasteiger partial charge in [-0.15, -0.1) is 0 Å². The van der Waals surface area contributed by atoms with Crippen molar-refractivity contribution in [2.45, 2.75) is 38.4 Å². The summed E-state index contributed by atoms with van der Waals surface area (Å²) in [6.07, 6.45) is 1.65. The highest BCUT2D eigenvalue weighted by Crippen LogP contribution is 2.22. The molecule has 1 aromatic carbocycles. The molecule has 3 N–H and O–H groups in total. The molecule has 6 nitrogen and oxygen atoms in total. The lowest BCUT2D eigenvalue weighted by atomic mass is 10.1. The van der Waals surface area contributed by atoms with Crippen molar-refractivity contribution in [1.29, 1.82) is 0 Å². The van der Waals surface area contributed by atoms with Gasteiger partial charge in [0.1, 0.15) is 0 Å². The predicted molar refractivity (Wildman–Crippen MR) is 75.0 cm³/mol. The molecule has 6 heteroatoms. The minimum atomic E-state index is -1.70. The van der Waals surface area contributed by atoms with Gasteiger partial charge in [0, 0.05) is 19.4 Å². The van der Waals surface area contributed by atoms with E-state index in [1.54, 1.807) is 0 Å². The molecule has 1 atom stereocenters. The molecule has 0 heterocycles. The first-order valence-electron chi connectivity index (χ1n) is 6.82. The summed E-state index contributed by atoms with van der Waals surface area (Å²) in [6.45, 7) is 1.64. The van der Waals surface area contributed by atoms with Gasteiger partial charge in [0.15, 0.2) is 0 Å². The molecule has 0 saturated carbocycles. The smallest absolute Gasteiger partial charge is 0.340 e. The van der Waals surface area contributed by atoms with Crippen LogP contribution >= 0.6 is 0 Å². The molecule has 0 aliphatic rings. The molecular weight excluding hydrogens is 276 g/mol. The Kier molecular flexibility index (Phi) is 6.33. The number of carbonyl (C=O) groups is 2. The van der Waals surface area contributed by atoms with Gasteiger partial charge >= 0.3 is 11.9 Å². The summed E-state index contributed by atoms with van der Waals surface area (Å²) in [7, 11) is 0. The van der Waals surface area contributed by atoms with E-state index < -0.39 is 17.7 Å². The summed E-state index contributed by atoms with van der Waals surface area (Å²) in [5.41, 5.74) is 0.205. The molecule has 21 heavy (non-hydrogen) atoms. The van der Waals surface area contributed by atoms with E-state index in [4.69, 9.17) is 14.9 Å². The van der Waals surface area contributed by atoms with Crippen LogP contribution in [0.2, 0.25) is 0 Å². The number of hydrogen-bond acceptors (Lipinski definition) is 5. The molecular formula is C15H20O6. The SMILES string of the molecule is CCCCC(O)(CCO)OC(=O)c1ccc(C(=O)O)cc1. The van der Waals surface area contributed by atoms with E-state index in [2.05, 4.69) is 0 Å². The second-order valence-electron chi connectivity index (χ2n) is 4.80. The zero-order valence-electron chi connectivity index (χ0n) is 11.9. The molecule has 116 valence electrons. The predicted octanol–water partition coefficient (Wildman–Crippen LogP) is 1.80. The molecule has 0 amide bonds. The highest BCUT2D eigenvalue weighted by atomic mass is 16.7. The number of hydrogen-bond donors (Lipinski definition) is 3. The van der Waals surface area contributed by atoms with E-state index in [9.17, 15) is 14.7 Å². The maximum Gasteiger partial charge on any atom is 0.340 e. The first-order valence-corrected chi connectivity index (χ1v) is 6.82. The molecule has 0 aliphatic heterocycles. The fourth-order valence-electron chi connectivity index (χ4n) is 1.84. The van der Waals surface area contributed by atoms with Crippen LogP contribution in [0, 0.1) is 0 Å². The molecule has 0 aliphatic carbocycles. The van der Waals surface area contributed by atoms with Gasteiger partial charge < -0.3 is 20.1 Å². The van der Waals surface area contributed by atoms with Gasteiger partial charge in [-0.3, -0.25) is 0 Å². The number of benzene rings is 1. The molecule has 1 unspecified atom stereocenters. The maximum absolute atomic E-state index is 12.0. The number of carboxylic acid groups (broad SMARTS) is 1. The topological polar surface area (TPSA) is 104 Å². The summed E-state index contributed by atoms with van der Waals surface area (Å²) in [6, 6.07) is 5.22. The Balaban J connectivity index is 2.78. The highest BCUT2D eigenvalue weighted by molar-refractivity contribution is 5.92. The van der Waals surface area contributed by atoms with E-state index in [0.29, 0.717) is 6.42 Å². The molecule has 0 fully saturated rings. The summed E-state index contributed by atoms with van der Waals surface area (Å²) in [4.78, 5) is 22.7. The van der Waals surface area contributed by atoms with Gasteiger partial charge in [0.25, 0.3) is 0 Å². The van der Waals surface area contributed by atoms with Crippen LogP contribution in [0.4, 0.5) is 0 Å². The molecule has 1 aromatic rings. The van der Waals surface area contributed by atoms with Crippen LogP contribution in [0.1, 0.15) is 53.3 Å². The zero-order valence-corrected chi connectivity index (χ0v) is 11.9. The molecule has 1 rings (SSSR count). The second kappa shape index (κ2) is 7.75. The van der Waals surface area contributed by atoms with Crippen molar-refractivity contribution in [1.82, 2.24) is 0 Å². The van der Waals surface area contributed by atoms with Crippen molar-refractivity contribution >= 4 is 11.9 Å². The molecule has 0 bridgehead atoms. The lowest BCUT2D eigenvalue weighted by molar-refractivity contribution is -0.179. The van der Waals surface area contributed by atoms with Crippen molar-refractivity contribution in [3.63, 3.8) is 0 Å². The Labute approximate surface area is 123 Å². The van der Waals surface area contributed by atoms with Crippen LogP contribution in [0.3, 0.4) is 0 Å². The third-order valence-electron chi connectivity index (χ3n) is 3.07. The summed E-state index contributed by atoms with van der Waals surface area (Å²) in [5.74, 6) is -3.54. The summed E-state index contributed by atoms with van der Waals surface area (Å²) >= 11 is 0. The van der Waals surface area contributed by atoms with Gasteiger partial charge in [0.2, 0.25) is 5.79 Å². The zero-order chi connectivity index (χ0) is 15.9. The Hall–Kier alpha value is -1.92. The molecule has 0 saturated heterocycles. The molecule has 0 aromatic heterocycles. The van der Waals surface area contributed by atoms with Crippen LogP contribution in [0.25, 0.3) is 0 Å². The van der Waals surface area contributed by atoms with E-state index in [1.165, 1.54) is 24.3 Å². The fraction of sp³-hybridized carbons (Fsp3) is 0.467. The van der Waals surface area contributed by atoms with E-state index in [-0.39, 0.29) is 30.6 Å². The Morgan fingerprint density at radius 2 is 1.71 bits per heavy atom. The third kappa shape index (κ3) is 5.17. The van der Waals surface area contributed by atoms with Crippen LogP contribution in [0.5, 0.6) is 0 Å². The number of aromatic carboxylic acids is 1. The average molecular weight is 296 g/mol. The summed E-state index contributed by atoms with van der Waals surface area (Å²) in [5, 5.41) is 28.0. The van der Waals surface area contributed by atoms with E-state index in [0.717, 1.165) is 6.42 Å². The van der Waals surface area contributed by atoms with Crippen LogP contribution in [0.15, 0.2) is 24.3 Å². The molecule has 0 spiro atoms. The minimum absolute atomic E-state index is 0.0585. The third-order valence-corrected chi connectivity index (χ3v) is 3.07. The van der Waals surface area contributed by atoms with Crippen molar-refractivity contribution in [3.8, 4) is 0 Å². The van der Waals surface area contributed by atoms with E-state index in [1.807, 2.05) is 6.92 Å². The van der Waals surface area contributed by atoms with Gasteiger partial charge in [-0.25, -0.2) is 9.59 Å². The number of rotatable bonds is 8. The standard InChI is InChI=1S/C15H20O6/c1-2-3-8-15(20,9-10-16)21-14(19)12-6-4-11(5-7-12)13(17)18/h4-7,16,20H,2-3,8-10H2,1H3,(H,17,18). The lowest BCUT2D eigenvalue weighted by Gasteiger charge is -2.27.